The zero-order valence-electron chi connectivity index (χ0n) is 17.4. The Morgan fingerprint density at radius 1 is 1.18 bits per heavy atom. The summed E-state index contributed by atoms with van der Waals surface area (Å²) in [7, 11) is 4.04. The van der Waals surface area contributed by atoms with Gasteiger partial charge >= 0.3 is 0 Å². The van der Waals surface area contributed by atoms with Gasteiger partial charge in [-0.3, -0.25) is 9.78 Å². The summed E-state index contributed by atoms with van der Waals surface area (Å²) >= 11 is 0. The molecule has 152 valence electrons. The van der Waals surface area contributed by atoms with Gasteiger partial charge in [0, 0.05) is 31.4 Å². The molecule has 0 saturated carbocycles. The van der Waals surface area contributed by atoms with Gasteiger partial charge in [-0.2, -0.15) is 0 Å². The molecule has 2 unspecified atom stereocenters. The molecule has 2 N–H and O–H groups in total. The van der Waals surface area contributed by atoms with E-state index in [-0.39, 0.29) is 23.6 Å². The minimum atomic E-state index is 0.0760. The van der Waals surface area contributed by atoms with Crippen LogP contribution in [0.5, 0.6) is 5.75 Å². The molecule has 2 rings (SSSR count). The van der Waals surface area contributed by atoms with E-state index in [2.05, 4.69) is 35.1 Å². The van der Waals surface area contributed by atoms with Gasteiger partial charge in [-0.1, -0.05) is 32.0 Å². The van der Waals surface area contributed by atoms with Crippen molar-refractivity contribution in [2.45, 2.75) is 45.1 Å². The smallest absolute Gasteiger partial charge is 0.220 e. The van der Waals surface area contributed by atoms with Crippen LogP contribution in [-0.2, 0) is 11.2 Å². The third kappa shape index (κ3) is 7.31. The fourth-order valence-corrected chi connectivity index (χ4v) is 3.39. The molecule has 1 heterocycles. The average molecular weight is 384 g/mol. The quantitative estimate of drug-likeness (QED) is 0.658. The summed E-state index contributed by atoms with van der Waals surface area (Å²) in [6, 6.07) is 11.4. The van der Waals surface area contributed by atoms with E-state index in [1.165, 1.54) is 0 Å². The summed E-state index contributed by atoms with van der Waals surface area (Å²) in [6.07, 6.45) is 5.88. The minimum absolute atomic E-state index is 0.0760. The Morgan fingerprint density at radius 3 is 2.46 bits per heavy atom. The maximum atomic E-state index is 12.6. The molecule has 0 aliphatic heterocycles. The molecule has 5 nitrogen and oxygen atoms in total. The molecule has 0 fully saturated rings. The number of likely N-dealkylation sites (N-methyl/N-ethyl adjacent to an activating group) is 1. The second-order valence-corrected chi connectivity index (χ2v) is 8.11. The first kappa shape index (κ1) is 21.9. The van der Waals surface area contributed by atoms with E-state index in [1.807, 2.05) is 38.5 Å². The van der Waals surface area contributed by atoms with E-state index in [0.29, 0.717) is 18.9 Å². The van der Waals surface area contributed by atoms with Crippen LogP contribution in [0, 0.1) is 5.92 Å². The topological polar surface area (TPSA) is 65.5 Å². The number of carbonyl (C=O) groups is 1. The highest BCUT2D eigenvalue weighted by Crippen LogP contribution is 2.26. The van der Waals surface area contributed by atoms with Gasteiger partial charge in [0.1, 0.15) is 5.75 Å². The number of aromatic nitrogens is 1. The van der Waals surface area contributed by atoms with E-state index in [4.69, 9.17) is 0 Å². The SMILES string of the molecule is CC(C)CC(CC(=O)NCC(Cc1ccc(O)cc1)N(C)C)c1cccnc1. The molecule has 0 spiro atoms. The summed E-state index contributed by atoms with van der Waals surface area (Å²) in [4.78, 5) is 19.0. The Bertz CT molecular complexity index is 714. The largest absolute Gasteiger partial charge is 0.508 e. The molecule has 5 heteroatoms. The van der Waals surface area contributed by atoms with E-state index in [0.717, 1.165) is 24.0 Å². The Balaban J connectivity index is 1.94. The molecule has 0 aliphatic rings. The van der Waals surface area contributed by atoms with Crippen molar-refractivity contribution in [3.63, 3.8) is 0 Å². The van der Waals surface area contributed by atoms with Gasteiger partial charge in [0.15, 0.2) is 0 Å². The molecule has 1 amide bonds. The molecule has 1 aromatic heterocycles. The third-order valence-electron chi connectivity index (χ3n) is 5.02. The minimum Gasteiger partial charge on any atom is -0.508 e. The number of pyridine rings is 1. The van der Waals surface area contributed by atoms with E-state index < -0.39 is 0 Å². The van der Waals surface area contributed by atoms with Gasteiger partial charge < -0.3 is 15.3 Å². The molecule has 2 aromatic rings. The summed E-state index contributed by atoms with van der Waals surface area (Å²) in [5, 5.41) is 12.6. The Labute approximate surface area is 168 Å². The lowest BCUT2D eigenvalue weighted by molar-refractivity contribution is -0.121. The van der Waals surface area contributed by atoms with Crippen molar-refractivity contribution in [1.29, 1.82) is 0 Å². The zero-order chi connectivity index (χ0) is 20.5. The first-order valence-corrected chi connectivity index (χ1v) is 9.96. The first-order chi connectivity index (χ1) is 13.3. The van der Waals surface area contributed by atoms with E-state index in [9.17, 15) is 9.90 Å². The van der Waals surface area contributed by atoms with Gasteiger partial charge in [-0.05, 0) is 68.1 Å². The molecule has 0 saturated heterocycles. The number of nitrogens with one attached hydrogen (secondary N) is 1. The van der Waals surface area contributed by atoms with Gasteiger partial charge in [0.25, 0.3) is 0 Å². The second kappa shape index (κ2) is 10.8. The van der Waals surface area contributed by atoms with Crippen molar-refractivity contribution in [2.75, 3.05) is 20.6 Å². The Morgan fingerprint density at radius 2 is 1.89 bits per heavy atom. The fourth-order valence-electron chi connectivity index (χ4n) is 3.39. The first-order valence-electron chi connectivity index (χ1n) is 9.96. The van der Waals surface area contributed by atoms with Crippen molar-refractivity contribution in [2.24, 2.45) is 5.92 Å². The molecular formula is C23H33N3O2. The second-order valence-electron chi connectivity index (χ2n) is 8.11. The van der Waals surface area contributed by atoms with Crippen molar-refractivity contribution >= 4 is 5.91 Å². The highest BCUT2D eigenvalue weighted by atomic mass is 16.3. The van der Waals surface area contributed by atoms with Crippen molar-refractivity contribution in [3.05, 3.63) is 59.9 Å². The number of hydrogen-bond donors (Lipinski definition) is 2. The van der Waals surface area contributed by atoms with Crippen LogP contribution in [0.15, 0.2) is 48.8 Å². The lowest BCUT2D eigenvalue weighted by Crippen LogP contribution is -2.41. The van der Waals surface area contributed by atoms with Crippen molar-refractivity contribution in [1.82, 2.24) is 15.2 Å². The average Bonchev–Trinajstić information content (AvgIpc) is 2.66. The van der Waals surface area contributed by atoms with Gasteiger partial charge in [0.2, 0.25) is 5.91 Å². The number of carbonyl (C=O) groups excluding carboxylic acids is 1. The standard InChI is InChI=1S/C23H33N3O2/c1-17(2)12-20(19-6-5-11-24-15-19)14-23(28)25-16-21(26(3)4)13-18-7-9-22(27)10-8-18/h5-11,15,17,20-21,27H,12-14,16H2,1-4H3,(H,25,28). The van der Waals surface area contributed by atoms with Crippen LogP contribution in [0.1, 0.15) is 43.7 Å². The predicted molar refractivity (Wildman–Crippen MR) is 113 cm³/mol. The number of phenolic OH excluding ortho intramolecular Hbond substituents is 1. The van der Waals surface area contributed by atoms with Crippen molar-refractivity contribution < 1.29 is 9.90 Å². The lowest BCUT2D eigenvalue weighted by atomic mass is 9.88. The summed E-state index contributed by atoms with van der Waals surface area (Å²) < 4.78 is 0. The molecule has 0 aliphatic carbocycles. The number of rotatable bonds is 10. The zero-order valence-corrected chi connectivity index (χ0v) is 17.4. The Kier molecular flexibility index (Phi) is 8.45. The van der Waals surface area contributed by atoms with Crippen LogP contribution in [0.25, 0.3) is 0 Å². The Hall–Kier alpha value is -2.40. The molecular weight excluding hydrogens is 350 g/mol. The van der Waals surface area contributed by atoms with Gasteiger partial charge in [-0.25, -0.2) is 0 Å². The summed E-state index contributed by atoms with van der Waals surface area (Å²) in [6.45, 7) is 4.95. The highest BCUT2D eigenvalue weighted by molar-refractivity contribution is 5.76. The number of nitrogens with zero attached hydrogens (tertiary/aromatic N) is 2. The predicted octanol–water partition coefficient (Wildman–Crippen LogP) is 3.60. The maximum Gasteiger partial charge on any atom is 0.220 e. The maximum absolute atomic E-state index is 12.6. The normalized spacial score (nSPS) is 13.5. The van der Waals surface area contributed by atoms with Gasteiger partial charge in [-0.15, -0.1) is 0 Å². The lowest BCUT2D eigenvalue weighted by Gasteiger charge is -2.25. The van der Waals surface area contributed by atoms with E-state index >= 15 is 0 Å². The fraction of sp³-hybridized carbons (Fsp3) is 0.478. The molecule has 28 heavy (non-hydrogen) atoms. The monoisotopic (exact) mass is 383 g/mol. The van der Waals surface area contributed by atoms with Crippen LogP contribution in [0.3, 0.4) is 0 Å². The van der Waals surface area contributed by atoms with Crippen molar-refractivity contribution in [3.8, 4) is 5.75 Å². The summed E-state index contributed by atoms with van der Waals surface area (Å²) in [5.41, 5.74) is 2.26. The number of phenols is 1. The van der Waals surface area contributed by atoms with Crippen LogP contribution >= 0.6 is 0 Å². The molecule has 1 aromatic carbocycles. The van der Waals surface area contributed by atoms with Crippen LogP contribution in [0.2, 0.25) is 0 Å². The number of aromatic hydroxyl groups is 1. The molecule has 0 radical (unpaired) electrons. The van der Waals surface area contributed by atoms with Crippen LogP contribution in [0.4, 0.5) is 0 Å². The number of hydrogen-bond acceptors (Lipinski definition) is 4. The third-order valence-corrected chi connectivity index (χ3v) is 5.02. The molecule has 2 atom stereocenters. The van der Waals surface area contributed by atoms with Crippen LogP contribution in [-0.4, -0.2) is 47.6 Å². The summed E-state index contributed by atoms with van der Waals surface area (Å²) in [5.74, 6) is 1.04. The highest BCUT2D eigenvalue weighted by Gasteiger charge is 2.19. The number of benzene rings is 1. The molecule has 0 bridgehead atoms. The van der Waals surface area contributed by atoms with Crippen LogP contribution < -0.4 is 5.32 Å². The number of amides is 1. The van der Waals surface area contributed by atoms with Gasteiger partial charge in [0.05, 0.1) is 0 Å². The van der Waals surface area contributed by atoms with E-state index in [1.54, 1.807) is 18.3 Å².